The van der Waals surface area contributed by atoms with Crippen molar-refractivity contribution in [2.45, 2.75) is 51.8 Å². The summed E-state index contributed by atoms with van der Waals surface area (Å²) in [6, 6.07) is 22.6. The van der Waals surface area contributed by atoms with E-state index in [2.05, 4.69) is 78.8 Å². The highest BCUT2D eigenvalue weighted by molar-refractivity contribution is 8.15. The smallest absolute Gasteiger partial charge is 0.262 e. The van der Waals surface area contributed by atoms with Crippen molar-refractivity contribution in [2.75, 3.05) is 5.32 Å². The SMILES string of the molecule is Cc1ccc(C2=NN(C3=NC(=O)[C@H](CC(=O)Nc4cc(C)cc(C)c4)S3)[C@H](c3ccc(C)cc3)C2)cc1. The minimum Gasteiger partial charge on any atom is -0.326 e. The molecule has 7 heteroatoms. The van der Waals surface area contributed by atoms with Crippen molar-refractivity contribution in [3.8, 4) is 0 Å². The standard InChI is InChI=1S/C30H30N4O2S/c1-18-5-9-22(10-6-18)25-16-26(23-11-7-19(2)8-12-23)34(33-25)30-32-29(36)27(37-30)17-28(35)31-24-14-20(3)13-21(4)15-24/h5-15,26-27H,16-17H2,1-4H3,(H,31,35)/t26-,27-/m0/s1. The first-order chi connectivity index (χ1) is 17.7. The summed E-state index contributed by atoms with van der Waals surface area (Å²) in [5.74, 6) is -0.495. The number of aliphatic imine (C=N–C) groups is 1. The van der Waals surface area contributed by atoms with Crippen LogP contribution in [-0.4, -0.2) is 33.0 Å². The number of hydrogen-bond acceptors (Lipinski definition) is 5. The van der Waals surface area contributed by atoms with E-state index in [0.717, 1.165) is 33.7 Å². The maximum Gasteiger partial charge on any atom is 0.262 e. The number of hydrazone groups is 1. The summed E-state index contributed by atoms with van der Waals surface area (Å²) < 4.78 is 0. The van der Waals surface area contributed by atoms with Crippen LogP contribution in [0.4, 0.5) is 5.69 Å². The molecular formula is C30H30N4O2S. The Morgan fingerprint density at radius 3 is 2.19 bits per heavy atom. The van der Waals surface area contributed by atoms with E-state index < -0.39 is 5.25 Å². The van der Waals surface area contributed by atoms with Crippen molar-refractivity contribution in [3.05, 3.63) is 100 Å². The minimum atomic E-state index is -0.571. The van der Waals surface area contributed by atoms with Crippen molar-refractivity contribution in [3.63, 3.8) is 0 Å². The Labute approximate surface area is 221 Å². The first-order valence-electron chi connectivity index (χ1n) is 12.4. The van der Waals surface area contributed by atoms with Gasteiger partial charge in [0.05, 0.1) is 11.8 Å². The lowest BCUT2D eigenvalue weighted by molar-refractivity contribution is -0.121. The Kier molecular flexibility index (Phi) is 6.98. The molecule has 0 bridgehead atoms. The average Bonchev–Trinajstić information content (AvgIpc) is 3.43. The predicted octanol–water partition coefficient (Wildman–Crippen LogP) is 6.10. The lowest BCUT2D eigenvalue weighted by Crippen LogP contribution is -2.25. The molecule has 37 heavy (non-hydrogen) atoms. The van der Waals surface area contributed by atoms with Gasteiger partial charge in [0, 0.05) is 18.5 Å². The lowest BCUT2D eigenvalue weighted by atomic mass is 9.97. The molecule has 0 fully saturated rings. The monoisotopic (exact) mass is 510 g/mol. The quantitative estimate of drug-likeness (QED) is 0.450. The second-order valence-corrected chi connectivity index (χ2v) is 11.0. The molecule has 0 unspecified atom stereocenters. The Balaban J connectivity index is 1.35. The van der Waals surface area contributed by atoms with Crippen LogP contribution in [0.1, 0.15) is 52.3 Å². The molecule has 3 aromatic rings. The van der Waals surface area contributed by atoms with Gasteiger partial charge in [0.1, 0.15) is 5.25 Å². The van der Waals surface area contributed by atoms with E-state index >= 15 is 0 Å². The molecule has 3 aromatic carbocycles. The second kappa shape index (κ2) is 10.3. The van der Waals surface area contributed by atoms with Crippen molar-refractivity contribution in [1.82, 2.24) is 5.01 Å². The zero-order valence-corrected chi connectivity index (χ0v) is 22.3. The number of hydrogen-bond donors (Lipinski definition) is 1. The molecule has 0 radical (unpaired) electrons. The van der Waals surface area contributed by atoms with Gasteiger partial charge in [-0.25, -0.2) is 5.01 Å². The third-order valence-electron chi connectivity index (χ3n) is 6.56. The Bertz CT molecular complexity index is 1390. The number of carbonyl (C=O) groups excluding carboxylic acids is 2. The van der Waals surface area contributed by atoms with E-state index in [-0.39, 0.29) is 24.3 Å². The summed E-state index contributed by atoms with van der Waals surface area (Å²) in [5, 5.41) is 9.70. The van der Waals surface area contributed by atoms with E-state index in [1.54, 1.807) is 0 Å². The molecule has 2 aliphatic rings. The second-order valence-electron chi connectivity index (χ2n) is 9.86. The number of carbonyl (C=O) groups is 2. The van der Waals surface area contributed by atoms with Crippen LogP contribution in [0.15, 0.2) is 76.8 Å². The molecule has 1 N–H and O–H groups in total. The van der Waals surface area contributed by atoms with E-state index in [0.29, 0.717) is 11.6 Å². The van der Waals surface area contributed by atoms with Gasteiger partial charge in [-0.15, -0.1) is 0 Å². The van der Waals surface area contributed by atoms with Crippen molar-refractivity contribution in [2.24, 2.45) is 10.1 Å². The number of anilines is 1. The van der Waals surface area contributed by atoms with Crippen LogP contribution < -0.4 is 5.32 Å². The fourth-order valence-electron chi connectivity index (χ4n) is 4.69. The summed E-state index contributed by atoms with van der Waals surface area (Å²) >= 11 is 1.32. The van der Waals surface area contributed by atoms with Crippen LogP contribution in [0.2, 0.25) is 0 Å². The van der Waals surface area contributed by atoms with Gasteiger partial charge in [-0.2, -0.15) is 10.1 Å². The zero-order chi connectivity index (χ0) is 26.1. The van der Waals surface area contributed by atoms with Crippen LogP contribution in [-0.2, 0) is 9.59 Å². The van der Waals surface area contributed by atoms with Gasteiger partial charge in [-0.1, -0.05) is 77.5 Å². The Hall–Kier alpha value is -3.71. The van der Waals surface area contributed by atoms with Gasteiger partial charge in [0.15, 0.2) is 5.17 Å². The maximum absolute atomic E-state index is 12.9. The molecule has 2 amide bonds. The minimum absolute atomic E-state index is 0.0566. The average molecular weight is 511 g/mol. The van der Waals surface area contributed by atoms with Gasteiger partial charge >= 0.3 is 0 Å². The molecule has 2 aliphatic heterocycles. The number of aryl methyl sites for hydroxylation is 4. The van der Waals surface area contributed by atoms with Gasteiger partial charge in [-0.3, -0.25) is 9.59 Å². The highest BCUT2D eigenvalue weighted by Gasteiger charge is 2.39. The fraction of sp³-hybridized carbons (Fsp3) is 0.267. The maximum atomic E-state index is 12.9. The van der Waals surface area contributed by atoms with E-state index in [1.807, 2.05) is 31.0 Å². The highest BCUT2D eigenvalue weighted by atomic mass is 32.2. The fourth-order valence-corrected chi connectivity index (χ4v) is 5.75. The number of nitrogens with one attached hydrogen (secondary N) is 1. The molecule has 0 aliphatic carbocycles. The van der Waals surface area contributed by atoms with E-state index in [9.17, 15) is 9.59 Å². The van der Waals surface area contributed by atoms with Crippen LogP contribution in [0.5, 0.6) is 0 Å². The third kappa shape index (κ3) is 5.67. The molecule has 0 aromatic heterocycles. The molecule has 0 saturated heterocycles. The van der Waals surface area contributed by atoms with E-state index in [4.69, 9.17) is 5.10 Å². The number of amidine groups is 1. The largest absolute Gasteiger partial charge is 0.326 e. The summed E-state index contributed by atoms with van der Waals surface area (Å²) in [5.41, 5.74) is 8.40. The van der Waals surface area contributed by atoms with Crippen molar-refractivity contribution >= 4 is 40.1 Å². The van der Waals surface area contributed by atoms with Crippen LogP contribution >= 0.6 is 11.8 Å². The van der Waals surface area contributed by atoms with Crippen molar-refractivity contribution < 1.29 is 9.59 Å². The Morgan fingerprint density at radius 2 is 1.54 bits per heavy atom. The normalized spacial score (nSPS) is 19.1. The zero-order valence-electron chi connectivity index (χ0n) is 21.5. The molecule has 2 heterocycles. The van der Waals surface area contributed by atoms with Gasteiger partial charge in [0.2, 0.25) is 5.91 Å². The first-order valence-corrected chi connectivity index (χ1v) is 13.3. The summed E-state index contributed by atoms with van der Waals surface area (Å²) in [6.45, 7) is 8.11. The van der Waals surface area contributed by atoms with E-state index in [1.165, 1.54) is 22.9 Å². The van der Waals surface area contributed by atoms with Crippen LogP contribution in [0.3, 0.4) is 0 Å². The first kappa shape index (κ1) is 25.0. The number of amides is 2. The summed E-state index contributed by atoms with van der Waals surface area (Å²) in [4.78, 5) is 30.0. The number of nitrogens with zero attached hydrogens (tertiary/aromatic N) is 3. The third-order valence-corrected chi connectivity index (χ3v) is 7.70. The molecule has 188 valence electrons. The van der Waals surface area contributed by atoms with Gasteiger partial charge in [0.25, 0.3) is 5.91 Å². The number of rotatable bonds is 5. The van der Waals surface area contributed by atoms with Crippen LogP contribution in [0, 0.1) is 27.7 Å². The van der Waals surface area contributed by atoms with Crippen molar-refractivity contribution in [1.29, 1.82) is 0 Å². The molecule has 0 spiro atoms. The van der Waals surface area contributed by atoms with Crippen LogP contribution in [0.25, 0.3) is 0 Å². The summed E-state index contributed by atoms with van der Waals surface area (Å²) in [7, 11) is 0. The number of benzene rings is 3. The molecular weight excluding hydrogens is 480 g/mol. The highest BCUT2D eigenvalue weighted by Crippen LogP contribution is 2.38. The molecule has 5 rings (SSSR count). The topological polar surface area (TPSA) is 74.1 Å². The van der Waals surface area contributed by atoms with Gasteiger partial charge in [-0.05, 0) is 62.1 Å². The summed E-state index contributed by atoms with van der Waals surface area (Å²) in [6.07, 6.45) is 0.763. The predicted molar refractivity (Wildman–Crippen MR) is 151 cm³/mol. The molecule has 2 atom stereocenters. The molecule has 0 saturated carbocycles. The number of thioether (sulfide) groups is 1. The Morgan fingerprint density at radius 1 is 0.919 bits per heavy atom. The van der Waals surface area contributed by atoms with Gasteiger partial charge < -0.3 is 5.32 Å². The molecule has 6 nitrogen and oxygen atoms in total. The lowest BCUT2D eigenvalue weighted by Gasteiger charge is -2.23.